The van der Waals surface area contributed by atoms with Crippen molar-refractivity contribution in [3.8, 4) is 11.5 Å². The lowest BCUT2D eigenvalue weighted by atomic mass is 9.88. The van der Waals surface area contributed by atoms with Crippen LogP contribution in [0.15, 0.2) is 24.3 Å². The van der Waals surface area contributed by atoms with Crippen molar-refractivity contribution in [1.29, 1.82) is 0 Å². The highest BCUT2D eigenvalue weighted by atomic mass is 32.1. The second-order valence-electron chi connectivity index (χ2n) is 6.76. The summed E-state index contributed by atoms with van der Waals surface area (Å²) in [6.07, 6.45) is 2.77. The molecule has 150 valence electrons. The number of hydrogen-bond donors (Lipinski definition) is 1. The van der Waals surface area contributed by atoms with Gasteiger partial charge in [-0.15, -0.1) is 11.3 Å². The van der Waals surface area contributed by atoms with Gasteiger partial charge in [0.1, 0.15) is 5.00 Å². The molecule has 3 rings (SSSR count). The number of hydrogen-bond acceptors (Lipinski definition) is 6. The Morgan fingerprint density at radius 1 is 1.21 bits per heavy atom. The second kappa shape index (κ2) is 9.10. The van der Waals surface area contributed by atoms with Crippen LogP contribution in [-0.4, -0.2) is 32.2 Å². The Balaban J connectivity index is 1.73. The predicted molar refractivity (Wildman–Crippen MR) is 109 cm³/mol. The van der Waals surface area contributed by atoms with Crippen LogP contribution in [0.1, 0.15) is 41.1 Å². The zero-order chi connectivity index (χ0) is 20.1. The highest BCUT2D eigenvalue weighted by molar-refractivity contribution is 7.17. The first-order chi connectivity index (χ1) is 13.5. The van der Waals surface area contributed by atoms with Gasteiger partial charge in [-0.05, 0) is 49.8 Å². The Labute approximate surface area is 168 Å². The normalized spacial score (nSPS) is 15.5. The van der Waals surface area contributed by atoms with E-state index in [4.69, 9.17) is 14.2 Å². The molecule has 28 heavy (non-hydrogen) atoms. The van der Waals surface area contributed by atoms with Crippen LogP contribution in [0, 0.1) is 5.92 Å². The zero-order valence-electron chi connectivity index (χ0n) is 16.4. The number of anilines is 1. The number of amides is 1. The zero-order valence-corrected chi connectivity index (χ0v) is 17.2. The lowest BCUT2D eigenvalue weighted by molar-refractivity contribution is -0.118. The monoisotopic (exact) mass is 403 g/mol. The van der Waals surface area contributed by atoms with Crippen molar-refractivity contribution in [2.24, 2.45) is 5.92 Å². The molecule has 1 N–H and O–H groups in total. The van der Waals surface area contributed by atoms with Crippen LogP contribution in [0.2, 0.25) is 0 Å². The Hall–Kier alpha value is -2.54. The number of methoxy groups -OCH3 is 1. The molecule has 0 spiro atoms. The van der Waals surface area contributed by atoms with Gasteiger partial charge in [0, 0.05) is 4.88 Å². The average molecular weight is 404 g/mol. The van der Waals surface area contributed by atoms with Gasteiger partial charge < -0.3 is 19.5 Å². The molecule has 1 aromatic heterocycles. The smallest absolute Gasteiger partial charge is 0.341 e. The number of rotatable bonds is 7. The number of thiophene rings is 1. The second-order valence-corrected chi connectivity index (χ2v) is 7.87. The first kappa shape index (κ1) is 20.2. The minimum Gasteiger partial charge on any atom is -0.490 e. The first-order valence-corrected chi connectivity index (χ1v) is 10.2. The topological polar surface area (TPSA) is 73.9 Å². The van der Waals surface area contributed by atoms with Crippen LogP contribution in [0.25, 0.3) is 0 Å². The summed E-state index contributed by atoms with van der Waals surface area (Å²) in [5, 5.41) is 3.37. The Morgan fingerprint density at radius 3 is 2.61 bits per heavy atom. The molecule has 2 aromatic rings. The fraction of sp³-hybridized carbons (Fsp3) is 0.429. The van der Waals surface area contributed by atoms with Crippen molar-refractivity contribution < 1.29 is 23.8 Å². The predicted octanol–water partition coefficient (Wildman–Crippen LogP) is 4.08. The van der Waals surface area contributed by atoms with Gasteiger partial charge in [0.2, 0.25) is 0 Å². The van der Waals surface area contributed by atoms with Gasteiger partial charge in [0.15, 0.2) is 18.1 Å². The summed E-state index contributed by atoms with van der Waals surface area (Å²) in [5.41, 5.74) is 1.49. The Kier molecular flexibility index (Phi) is 6.57. The van der Waals surface area contributed by atoms with Gasteiger partial charge >= 0.3 is 5.97 Å². The molecular weight excluding hydrogens is 378 g/mol. The van der Waals surface area contributed by atoms with Crippen LogP contribution in [-0.2, 0) is 22.4 Å². The number of nitrogens with one attached hydrogen (secondary N) is 1. The van der Waals surface area contributed by atoms with E-state index in [9.17, 15) is 9.59 Å². The number of benzene rings is 1. The van der Waals surface area contributed by atoms with E-state index < -0.39 is 5.97 Å². The van der Waals surface area contributed by atoms with Gasteiger partial charge in [0.25, 0.3) is 5.91 Å². The Bertz CT molecular complexity index is 860. The molecule has 0 radical (unpaired) electrons. The van der Waals surface area contributed by atoms with Crippen molar-refractivity contribution in [3.05, 3.63) is 40.3 Å². The number of carbonyl (C=O) groups is 2. The SMILES string of the molecule is CCOc1ccccc1OCC(=O)Nc1sc2c(c1C(=O)OC)CC[C@H](C)C2. The molecule has 0 saturated carbocycles. The summed E-state index contributed by atoms with van der Waals surface area (Å²) in [6, 6.07) is 7.21. The number of para-hydroxylation sites is 2. The lowest BCUT2D eigenvalue weighted by Crippen LogP contribution is -2.21. The maximum absolute atomic E-state index is 12.5. The third-order valence-electron chi connectivity index (χ3n) is 4.66. The number of carbonyl (C=O) groups excluding carboxylic acids is 2. The fourth-order valence-corrected chi connectivity index (χ4v) is 4.72. The molecule has 0 fully saturated rings. The van der Waals surface area contributed by atoms with Gasteiger partial charge in [-0.3, -0.25) is 4.79 Å². The molecule has 0 unspecified atom stereocenters. The maximum atomic E-state index is 12.5. The summed E-state index contributed by atoms with van der Waals surface area (Å²) < 4.78 is 16.1. The minimum absolute atomic E-state index is 0.177. The number of esters is 1. The van der Waals surface area contributed by atoms with Crippen molar-refractivity contribution in [1.82, 2.24) is 0 Å². The summed E-state index contributed by atoms with van der Waals surface area (Å²) in [5.74, 6) is 0.923. The van der Waals surface area contributed by atoms with Crippen LogP contribution in [0.4, 0.5) is 5.00 Å². The van der Waals surface area contributed by atoms with Crippen molar-refractivity contribution >= 4 is 28.2 Å². The standard InChI is InChI=1S/C21H25NO5S/c1-4-26-15-7-5-6-8-16(15)27-12-18(23)22-20-19(21(24)25-3)14-10-9-13(2)11-17(14)28-20/h5-8,13H,4,9-12H2,1-3H3,(H,22,23)/t13-/m0/s1. The van der Waals surface area contributed by atoms with E-state index >= 15 is 0 Å². The summed E-state index contributed by atoms with van der Waals surface area (Å²) in [4.78, 5) is 25.9. The third kappa shape index (κ3) is 4.47. The largest absolute Gasteiger partial charge is 0.490 e. The highest BCUT2D eigenvalue weighted by Crippen LogP contribution is 2.40. The molecule has 1 aliphatic carbocycles. The molecule has 1 heterocycles. The van der Waals surface area contributed by atoms with E-state index in [2.05, 4.69) is 12.2 Å². The van der Waals surface area contributed by atoms with Crippen LogP contribution >= 0.6 is 11.3 Å². The fourth-order valence-electron chi connectivity index (χ4n) is 3.31. The molecule has 1 aliphatic rings. The molecule has 1 atom stereocenters. The lowest BCUT2D eigenvalue weighted by Gasteiger charge is -2.18. The Morgan fingerprint density at radius 2 is 1.93 bits per heavy atom. The van der Waals surface area contributed by atoms with Crippen LogP contribution < -0.4 is 14.8 Å². The van der Waals surface area contributed by atoms with E-state index in [1.54, 1.807) is 12.1 Å². The first-order valence-electron chi connectivity index (χ1n) is 9.40. The summed E-state index contributed by atoms with van der Waals surface area (Å²) in [7, 11) is 1.36. The molecular formula is C21H25NO5S. The molecule has 7 heteroatoms. The van der Waals surface area contributed by atoms with E-state index in [-0.39, 0.29) is 12.5 Å². The van der Waals surface area contributed by atoms with Crippen molar-refractivity contribution in [2.75, 3.05) is 25.6 Å². The molecule has 1 amide bonds. The van der Waals surface area contributed by atoms with Gasteiger partial charge in [-0.2, -0.15) is 0 Å². The third-order valence-corrected chi connectivity index (χ3v) is 5.83. The van der Waals surface area contributed by atoms with Crippen molar-refractivity contribution in [3.63, 3.8) is 0 Å². The van der Waals surface area contributed by atoms with E-state index in [1.807, 2.05) is 19.1 Å². The van der Waals surface area contributed by atoms with Gasteiger partial charge in [0.05, 0.1) is 19.3 Å². The van der Waals surface area contributed by atoms with Crippen LogP contribution in [0.3, 0.4) is 0 Å². The molecule has 0 aliphatic heterocycles. The molecule has 1 aromatic carbocycles. The van der Waals surface area contributed by atoms with Crippen LogP contribution in [0.5, 0.6) is 11.5 Å². The summed E-state index contributed by atoms with van der Waals surface area (Å²) in [6.45, 7) is 4.41. The van der Waals surface area contributed by atoms with Gasteiger partial charge in [-0.25, -0.2) is 4.79 Å². The number of ether oxygens (including phenoxy) is 3. The van der Waals surface area contributed by atoms with Gasteiger partial charge in [-0.1, -0.05) is 19.1 Å². The quantitative estimate of drug-likeness (QED) is 0.705. The highest BCUT2D eigenvalue weighted by Gasteiger charge is 2.28. The molecule has 0 saturated heterocycles. The van der Waals surface area contributed by atoms with E-state index in [0.717, 1.165) is 29.7 Å². The van der Waals surface area contributed by atoms with E-state index in [1.165, 1.54) is 18.4 Å². The molecule has 0 bridgehead atoms. The maximum Gasteiger partial charge on any atom is 0.341 e. The van der Waals surface area contributed by atoms with E-state index in [0.29, 0.717) is 34.6 Å². The molecule has 6 nitrogen and oxygen atoms in total. The number of fused-ring (bicyclic) bond motifs is 1. The average Bonchev–Trinajstić information content (AvgIpc) is 3.03. The minimum atomic E-state index is -0.412. The summed E-state index contributed by atoms with van der Waals surface area (Å²) >= 11 is 1.46. The van der Waals surface area contributed by atoms with Crippen molar-refractivity contribution in [2.45, 2.75) is 33.1 Å².